The standard InChI is InChI=1S/C13H9F5N2/c1-5-2-3-7(6(19)4-5)20-13-11(17)9(15)8(14)10(16)12(13)18/h2-4,20H,19H2,1H3. The lowest BCUT2D eigenvalue weighted by atomic mass is 10.2. The Kier molecular flexibility index (Phi) is 3.52. The molecular formula is C13H9F5N2. The van der Waals surface area contributed by atoms with Crippen molar-refractivity contribution in [3.05, 3.63) is 52.8 Å². The minimum atomic E-state index is -2.21. The molecule has 0 saturated carbocycles. The van der Waals surface area contributed by atoms with E-state index in [0.29, 0.717) is 0 Å². The van der Waals surface area contributed by atoms with E-state index >= 15 is 0 Å². The average molecular weight is 288 g/mol. The summed E-state index contributed by atoms with van der Waals surface area (Å²) in [6, 6.07) is 4.45. The second kappa shape index (κ2) is 4.99. The molecule has 20 heavy (non-hydrogen) atoms. The molecule has 0 aromatic heterocycles. The van der Waals surface area contributed by atoms with Gasteiger partial charge in [0.15, 0.2) is 23.3 Å². The molecule has 0 atom stereocenters. The van der Waals surface area contributed by atoms with Crippen LogP contribution in [0.4, 0.5) is 39.0 Å². The highest BCUT2D eigenvalue weighted by molar-refractivity contribution is 5.73. The smallest absolute Gasteiger partial charge is 0.200 e. The van der Waals surface area contributed by atoms with Crippen molar-refractivity contribution in [3.8, 4) is 0 Å². The summed E-state index contributed by atoms with van der Waals surface area (Å²) in [4.78, 5) is 0. The third kappa shape index (κ3) is 2.26. The third-order valence-electron chi connectivity index (χ3n) is 2.68. The van der Waals surface area contributed by atoms with Gasteiger partial charge in [-0.1, -0.05) is 6.07 Å². The van der Waals surface area contributed by atoms with Crippen LogP contribution >= 0.6 is 0 Å². The van der Waals surface area contributed by atoms with Crippen LogP contribution in [0.15, 0.2) is 18.2 Å². The van der Waals surface area contributed by atoms with Crippen LogP contribution in [0.5, 0.6) is 0 Å². The van der Waals surface area contributed by atoms with Crippen molar-refractivity contribution >= 4 is 17.1 Å². The van der Waals surface area contributed by atoms with E-state index < -0.39 is 34.8 Å². The largest absolute Gasteiger partial charge is 0.397 e. The molecule has 2 aromatic carbocycles. The zero-order valence-electron chi connectivity index (χ0n) is 10.2. The van der Waals surface area contributed by atoms with Crippen LogP contribution < -0.4 is 11.1 Å². The highest BCUT2D eigenvalue weighted by atomic mass is 19.2. The van der Waals surface area contributed by atoms with Crippen LogP contribution in [-0.2, 0) is 0 Å². The first-order chi connectivity index (χ1) is 9.32. The second-order valence-corrected chi connectivity index (χ2v) is 4.16. The van der Waals surface area contributed by atoms with Gasteiger partial charge in [0.1, 0.15) is 5.69 Å². The van der Waals surface area contributed by atoms with Crippen molar-refractivity contribution < 1.29 is 22.0 Å². The van der Waals surface area contributed by atoms with Gasteiger partial charge >= 0.3 is 0 Å². The van der Waals surface area contributed by atoms with Gasteiger partial charge < -0.3 is 11.1 Å². The van der Waals surface area contributed by atoms with Crippen LogP contribution in [0.3, 0.4) is 0 Å². The Morgan fingerprint density at radius 2 is 1.35 bits per heavy atom. The van der Waals surface area contributed by atoms with Crippen molar-refractivity contribution in [2.75, 3.05) is 11.1 Å². The quantitative estimate of drug-likeness (QED) is 0.379. The molecule has 0 bridgehead atoms. The summed E-state index contributed by atoms with van der Waals surface area (Å²) in [6.45, 7) is 1.73. The molecular weight excluding hydrogens is 279 g/mol. The predicted octanol–water partition coefficient (Wildman–Crippen LogP) is 4.02. The Balaban J connectivity index is 2.54. The zero-order valence-corrected chi connectivity index (χ0v) is 10.2. The Labute approximate surface area is 111 Å². The fourth-order valence-corrected chi connectivity index (χ4v) is 1.65. The number of aryl methyl sites for hydroxylation is 1. The summed E-state index contributed by atoms with van der Waals surface area (Å²) in [7, 11) is 0. The number of hydrogen-bond acceptors (Lipinski definition) is 2. The number of nitrogens with two attached hydrogens (primary N) is 1. The Morgan fingerprint density at radius 1 is 0.850 bits per heavy atom. The van der Waals surface area contributed by atoms with Crippen molar-refractivity contribution in [1.29, 1.82) is 0 Å². The highest BCUT2D eigenvalue weighted by Gasteiger charge is 2.26. The molecule has 2 nitrogen and oxygen atoms in total. The number of benzene rings is 2. The number of rotatable bonds is 2. The average Bonchev–Trinajstić information content (AvgIpc) is 2.41. The van der Waals surface area contributed by atoms with Crippen molar-refractivity contribution in [1.82, 2.24) is 0 Å². The van der Waals surface area contributed by atoms with Crippen LogP contribution in [0.2, 0.25) is 0 Å². The number of nitrogens with one attached hydrogen (secondary N) is 1. The molecule has 0 aliphatic rings. The molecule has 2 rings (SSSR count). The predicted molar refractivity (Wildman–Crippen MR) is 65.1 cm³/mol. The fraction of sp³-hybridized carbons (Fsp3) is 0.0769. The first kappa shape index (κ1) is 14.1. The van der Waals surface area contributed by atoms with Crippen molar-refractivity contribution in [2.24, 2.45) is 0 Å². The van der Waals surface area contributed by atoms with Gasteiger partial charge in [0.25, 0.3) is 0 Å². The van der Waals surface area contributed by atoms with Crippen LogP contribution in [0.25, 0.3) is 0 Å². The van der Waals surface area contributed by atoms with Gasteiger partial charge in [-0.3, -0.25) is 0 Å². The maximum Gasteiger partial charge on any atom is 0.200 e. The third-order valence-corrected chi connectivity index (χ3v) is 2.68. The number of anilines is 3. The summed E-state index contributed by atoms with van der Waals surface area (Å²) in [6.07, 6.45) is 0. The normalized spacial score (nSPS) is 10.7. The van der Waals surface area contributed by atoms with E-state index in [1.54, 1.807) is 13.0 Å². The van der Waals surface area contributed by atoms with Gasteiger partial charge in [-0.15, -0.1) is 0 Å². The summed E-state index contributed by atoms with van der Waals surface area (Å²) < 4.78 is 65.9. The molecule has 0 unspecified atom stereocenters. The van der Waals surface area contributed by atoms with E-state index in [4.69, 9.17) is 5.73 Å². The summed E-state index contributed by atoms with van der Waals surface area (Å²) in [5, 5.41) is 2.12. The molecule has 0 fully saturated rings. The molecule has 0 aliphatic carbocycles. The first-order valence-corrected chi connectivity index (χ1v) is 5.47. The summed E-state index contributed by atoms with van der Waals surface area (Å²) in [5.74, 6) is -10.1. The molecule has 0 spiro atoms. The van der Waals surface area contributed by atoms with Gasteiger partial charge in [-0.05, 0) is 24.6 Å². The molecule has 106 valence electrons. The Hall–Kier alpha value is -2.31. The number of nitrogen functional groups attached to an aromatic ring is 1. The molecule has 0 amide bonds. The Morgan fingerprint density at radius 3 is 1.85 bits per heavy atom. The SMILES string of the molecule is Cc1ccc(Nc2c(F)c(F)c(F)c(F)c2F)c(N)c1. The molecule has 3 N–H and O–H groups in total. The van der Waals surface area contributed by atoms with E-state index in [9.17, 15) is 22.0 Å². The molecule has 0 heterocycles. The van der Waals surface area contributed by atoms with Crippen LogP contribution in [-0.4, -0.2) is 0 Å². The number of halogens is 5. The van der Waals surface area contributed by atoms with Gasteiger partial charge in [0.2, 0.25) is 5.82 Å². The van der Waals surface area contributed by atoms with Crippen LogP contribution in [0, 0.1) is 36.0 Å². The minimum absolute atomic E-state index is 0.0406. The van der Waals surface area contributed by atoms with E-state index in [-0.39, 0.29) is 11.4 Å². The topological polar surface area (TPSA) is 38.0 Å². The maximum atomic E-state index is 13.5. The van der Waals surface area contributed by atoms with E-state index in [1.807, 2.05) is 0 Å². The molecule has 2 aromatic rings. The van der Waals surface area contributed by atoms with Gasteiger partial charge in [0, 0.05) is 0 Å². The van der Waals surface area contributed by atoms with E-state index in [1.165, 1.54) is 12.1 Å². The Bertz CT molecular complexity index is 656. The molecule has 7 heteroatoms. The molecule has 0 saturated heterocycles. The summed E-state index contributed by atoms with van der Waals surface area (Å²) >= 11 is 0. The highest BCUT2D eigenvalue weighted by Crippen LogP contribution is 2.31. The summed E-state index contributed by atoms with van der Waals surface area (Å²) in [5.41, 5.74) is 5.41. The van der Waals surface area contributed by atoms with Gasteiger partial charge in [-0.2, -0.15) is 0 Å². The molecule has 0 aliphatic heterocycles. The second-order valence-electron chi connectivity index (χ2n) is 4.16. The maximum absolute atomic E-state index is 13.5. The van der Waals surface area contributed by atoms with Crippen LogP contribution in [0.1, 0.15) is 5.56 Å². The molecule has 0 radical (unpaired) electrons. The zero-order chi connectivity index (χ0) is 15.0. The van der Waals surface area contributed by atoms with Gasteiger partial charge in [0.05, 0.1) is 11.4 Å². The first-order valence-electron chi connectivity index (χ1n) is 5.47. The van der Waals surface area contributed by atoms with E-state index in [2.05, 4.69) is 5.32 Å². The fourth-order valence-electron chi connectivity index (χ4n) is 1.65. The number of hydrogen-bond donors (Lipinski definition) is 2. The lowest BCUT2D eigenvalue weighted by Gasteiger charge is -2.13. The lowest BCUT2D eigenvalue weighted by Crippen LogP contribution is -2.07. The lowest BCUT2D eigenvalue weighted by molar-refractivity contribution is 0.382. The monoisotopic (exact) mass is 288 g/mol. The van der Waals surface area contributed by atoms with E-state index in [0.717, 1.165) is 5.56 Å². The minimum Gasteiger partial charge on any atom is -0.397 e. The van der Waals surface area contributed by atoms with Gasteiger partial charge in [-0.25, -0.2) is 22.0 Å². The van der Waals surface area contributed by atoms with Crippen molar-refractivity contribution in [3.63, 3.8) is 0 Å². The van der Waals surface area contributed by atoms with Crippen molar-refractivity contribution in [2.45, 2.75) is 6.92 Å².